The fourth-order valence-electron chi connectivity index (χ4n) is 2.97. The van der Waals surface area contributed by atoms with Crippen molar-refractivity contribution < 1.29 is 13.9 Å². The number of nitrogens with zero attached hydrogens (tertiary/aromatic N) is 3. The standard InChI is InChI=1S/C18H18FIN4O2/c1-11(22-17-4-6-24-18(23-17)15(20)9-21-24)14-8-12(19)2-3-16(14)26-13-5-7-25-10-13/h2-4,6,8-9,11,13H,5,7,10H2,1H3,(H,22,23). The topological polar surface area (TPSA) is 60.7 Å². The number of anilines is 1. The molecule has 3 aromatic rings. The second kappa shape index (κ2) is 7.36. The van der Waals surface area contributed by atoms with Crippen LogP contribution in [0, 0.1) is 9.39 Å². The molecule has 0 radical (unpaired) electrons. The SMILES string of the molecule is CC(Nc1ccn2ncc(I)c2n1)c1cc(F)ccc1OC1CCOC1. The molecule has 1 N–H and O–H groups in total. The summed E-state index contributed by atoms with van der Waals surface area (Å²) in [5.74, 6) is 1.07. The van der Waals surface area contributed by atoms with Gasteiger partial charge in [0.1, 0.15) is 23.5 Å². The van der Waals surface area contributed by atoms with Crippen molar-refractivity contribution in [3.8, 4) is 5.75 Å². The van der Waals surface area contributed by atoms with E-state index in [0.717, 1.165) is 21.2 Å². The van der Waals surface area contributed by atoms with Crippen LogP contribution in [-0.2, 0) is 4.74 Å². The predicted molar refractivity (Wildman–Crippen MR) is 104 cm³/mol. The molecule has 1 aromatic carbocycles. The Bertz CT molecular complexity index is 927. The zero-order valence-electron chi connectivity index (χ0n) is 14.2. The number of halogens is 2. The highest BCUT2D eigenvalue weighted by molar-refractivity contribution is 14.1. The molecule has 8 heteroatoms. The molecule has 0 amide bonds. The Morgan fingerprint density at radius 3 is 3.12 bits per heavy atom. The molecule has 0 saturated carbocycles. The van der Waals surface area contributed by atoms with Crippen molar-refractivity contribution in [1.82, 2.24) is 14.6 Å². The van der Waals surface area contributed by atoms with Crippen LogP contribution in [0.1, 0.15) is 24.9 Å². The number of rotatable bonds is 5. The Morgan fingerprint density at radius 2 is 2.31 bits per heavy atom. The van der Waals surface area contributed by atoms with Crippen LogP contribution < -0.4 is 10.1 Å². The average Bonchev–Trinajstić information content (AvgIpc) is 3.27. The van der Waals surface area contributed by atoms with Crippen molar-refractivity contribution in [3.63, 3.8) is 0 Å². The summed E-state index contributed by atoms with van der Waals surface area (Å²) in [5, 5.41) is 7.54. The number of aromatic nitrogens is 3. The Labute approximate surface area is 163 Å². The van der Waals surface area contributed by atoms with Gasteiger partial charge in [0.2, 0.25) is 0 Å². The van der Waals surface area contributed by atoms with Crippen LogP contribution in [0.15, 0.2) is 36.7 Å². The third kappa shape index (κ3) is 3.61. The predicted octanol–water partition coefficient (Wildman–Crippen LogP) is 3.81. The van der Waals surface area contributed by atoms with Gasteiger partial charge >= 0.3 is 0 Å². The van der Waals surface area contributed by atoms with Crippen LogP contribution >= 0.6 is 22.6 Å². The van der Waals surface area contributed by atoms with Crippen molar-refractivity contribution in [1.29, 1.82) is 0 Å². The molecular weight excluding hydrogens is 450 g/mol. The van der Waals surface area contributed by atoms with Crippen LogP contribution in [-0.4, -0.2) is 33.9 Å². The highest BCUT2D eigenvalue weighted by Crippen LogP contribution is 2.30. The third-order valence-electron chi connectivity index (χ3n) is 4.31. The van der Waals surface area contributed by atoms with Crippen LogP contribution in [0.25, 0.3) is 5.65 Å². The van der Waals surface area contributed by atoms with Crippen molar-refractivity contribution in [3.05, 3.63) is 51.6 Å². The minimum atomic E-state index is -0.294. The smallest absolute Gasteiger partial charge is 0.170 e. The lowest BCUT2D eigenvalue weighted by Gasteiger charge is -2.21. The van der Waals surface area contributed by atoms with E-state index in [4.69, 9.17) is 9.47 Å². The maximum Gasteiger partial charge on any atom is 0.170 e. The third-order valence-corrected chi connectivity index (χ3v) is 5.07. The van der Waals surface area contributed by atoms with Gasteiger partial charge in [0.15, 0.2) is 5.65 Å². The van der Waals surface area contributed by atoms with Crippen molar-refractivity contribution in [2.75, 3.05) is 18.5 Å². The van der Waals surface area contributed by atoms with E-state index in [1.807, 2.05) is 19.2 Å². The number of hydrogen-bond acceptors (Lipinski definition) is 5. The molecule has 0 aliphatic carbocycles. The second-order valence-electron chi connectivity index (χ2n) is 6.23. The van der Waals surface area contributed by atoms with Gasteiger partial charge in [0.05, 0.1) is 29.0 Å². The minimum Gasteiger partial charge on any atom is -0.488 e. The lowest BCUT2D eigenvalue weighted by atomic mass is 10.1. The maximum atomic E-state index is 13.8. The van der Waals surface area contributed by atoms with Gasteiger partial charge in [-0.3, -0.25) is 0 Å². The molecule has 2 aromatic heterocycles. The number of ether oxygens (including phenoxy) is 2. The highest BCUT2D eigenvalue weighted by atomic mass is 127. The van der Waals surface area contributed by atoms with Gasteiger partial charge in [-0.2, -0.15) is 5.10 Å². The number of hydrogen-bond donors (Lipinski definition) is 1. The Balaban J connectivity index is 1.58. The fourth-order valence-corrected chi connectivity index (χ4v) is 3.46. The summed E-state index contributed by atoms with van der Waals surface area (Å²) in [5.41, 5.74) is 1.53. The zero-order valence-corrected chi connectivity index (χ0v) is 16.3. The van der Waals surface area contributed by atoms with Gasteiger partial charge in [-0.25, -0.2) is 13.9 Å². The molecule has 2 atom stereocenters. The monoisotopic (exact) mass is 468 g/mol. The Morgan fingerprint density at radius 1 is 1.42 bits per heavy atom. The Hall–Kier alpha value is -1.94. The van der Waals surface area contributed by atoms with Gasteiger partial charge in [-0.15, -0.1) is 0 Å². The first-order chi connectivity index (χ1) is 12.6. The maximum absolute atomic E-state index is 13.8. The van der Waals surface area contributed by atoms with E-state index >= 15 is 0 Å². The summed E-state index contributed by atoms with van der Waals surface area (Å²) >= 11 is 2.20. The van der Waals surface area contributed by atoms with E-state index in [9.17, 15) is 4.39 Å². The Kier molecular flexibility index (Phi) is 4.94. The van der Waals surface area contributed by atoms with Gasteiger partial charge < -0.3 is 14.8 Å². The molecule has 1 fully saturated rings. The summed E-state index contributed by atoms with van der Waals surface area (Å²) in [4.78, 5) is 4.58. The van der Waals surface area contributed by atoms with Crippen LogP contribution in [0.3, 0.4) is 0 Å². The molecule has 6 nitrogen and oxygen atoms in total. The van der Waals surface area contributed by atoms with E-state index < -0.39 is 0 Å². The lowest BCUT2D eigenvalue weighted by Crippen LogP contribution is -2.18. The van der Waals surface area contributed by atoms with E-state index in [0.29, 0.717) is 24.8 Å². The normalized spacial score (nSPS) is 18.2. The van der Waals surface area contributed by atoms with E-state index in [2.05, 4.69) is 38.0 Å². The van der Waals surface area contributed by atoms with Gasteiger partial charge in [-0.05, 0) is 53.8 Å². The molecule has 1 saturated heterocycles. The first-order valence-corrected chi connectivity index (χ1v) is 9.48. The summed E-state index contributed by atoms with van der Waals surface area (Å²) in [6, 6.07) is 6.26. The van der Waals surface area contributed by atoms with Crippen LogP contribution in [0.5, 0.6) is 5.75 Å². The highest BCUT2D eigenvalue weighted by Gasteiger charge is 2.21. The first kappa shape index (κ1) is 17.5. The van der Waals surface area contributed by atoms with Gasteiger partial charge in [0.25, 0.3) is 0 Å². The molecular formula is C18H18FIN4O2. The van der Waals surface area contributed by atoms with E-state index in [-0.39, 0.29) is 18.0 Å². The quantitative estimate of drug-likeness (QED) is 0.578. The van der Waals surface area contributed by atoms with Crippen molar-refractivity contribution in [2.45, 2.75) is 25.5 Å². The molecule has 4 rings (SSSR count). The average molecular weight is 468 g/mol. The minimum absolute atomic E-state index is 0.00857. The van der Waals surface area contributed by atoms with Gasteiger partial charge in [0, 0.05) is 18.2 Å². The summed E-state index contributed by atoms with van der Waals surface area (Å²) in [7, 11) is 0. The molecule has 1 aliphatic rings. The fraction of sp³-hybridized carbons (Fsp3) is 0.333. The van der Waals surface area contributed by atoms with Gasteiger partial charge in [-0.1, -0.05) is 0 Å². The summed E-state index contributed by atoms with van der Waals surface area (Å²) < 4.78 is 27.9. The molecule has 136 valence electrons. The molecule has 1 aliphatic heterocycles. The molecule has 0 spiro atoms. The number of nitrogens with one attached hydrogen (secondary N) is 1. The van der Waals surface area contributed by atoms with Crippen LogP contribution in [0.2, 0.25) is 0 Å². The molecule has 2 unspecified atom stereocenters. The van der Waals surface area contributed by atoms with Crippen LogP contribution in [0.4, 0.5) is 10.2 Å². The first-order valence-electron chi connectivity index (χ1n) is 8.40. The number of benzene rings is 1. The second-order valence-corrected chi connectivity index (χ2v) is 7.39. The van der Waals surface area contributed by atoms with E-state index in [1.54, 1.807) is 16.8 Å². The zero-order chi connectivity index (χ0) is 18.1. The lowest BCUT2D eigenvalue weighted by molar-refractivity contribution is 0.140. The largest absolute Gasteiger partial charge is 0.488 e. The van der Waals surface area contributed by atoms with Crippen molar-refractivity contribution >= 4 is 34.1 Å². The summed E-state index contributed by atoms with van der Waals surface area (Å²) in [6.07, 6.45) is 4.46. The molecule has 3 heterocycles. The van der Waals surface area contributed by atoms with E-state index in [1.165, 1.54) is 12.1 Å². The molecule has 0 bridgehead atoms. The molecule has 26 heavy (non-hydrogen) atoms. The van der Waals surface area contributed by atoms with Crippen molar-refractivity contribution in [2.24, 2.45) is 0 Å². The summed E-state index contributed by atoms with van der Waals surface area (Å²) in [6.45, 7) is 3.22. The number of fused-ring (bicyclic) bond motifs is 1.